The van der Waals surface area contributed by atoms with Gasteiger partial charge in [0.2, 0.25) is 0 Å². The number of pyridine rings is 1. The fraction of sp³-hybridized carbons (Fsp3) is 0.0385. The van der Waals surface area contributed by atoms with E-state index in [-0.39, 0.29) is 4.90 Å². The van der Waals surface area contributed by atoms with E-state index in [9.17, 15) is 8.42 Å². The quantitative estimate of drug-likeness (QED) is 0.367. The van der Waals surface area contributed by atoms with Gasteiger partial charge in [-0.05, 0) is 41.5 Å². The van der Waals surface area contributed by atoms with Gasteiger partial charge in [-0.2, -0.15) is 0 Å². The van der Waals surface area contributed by atoms with Crippen LogP contribution in [0, 0.1) is 0 Å². The largest absolute Gasteiger partial charge is 0.497 e. The first kappa shape index (κ1) is 20.8. The highest BCUT2D eigenvalue weighted by atomic mass is 32.2. The number of benzene rings is 3. The molecule has 5 rings (SSSR count). The van der Waals surface area contributed by atoms with Crippen LogP contribution < -0.4 is 9.46 Å². The van der Waals surface area contributed by atoms with E-state index < -0.39 is 10.0 Å². The Hall–Kier alpha value is -4.10. The number of hydrogen-bond donors (Lipinski definition) is 1. The van der Waals surface area contributed by atoms with Gasteiger partial charge in [-0.25, -0.2) is 13.4 Å². The van der Waals surface area contributed by atoms with Crippen LogP contribution in [0.5, 0.6) is 5.75 Å². The number of anilines is 1. The molecule has 0 aliphatic carbocycles. The van der Waals surface area contributed by atoms with Crippen molar-refractivity contribution in [2.24, 2.45) is 0 Å². The molecule has 0 aliphatic heterocycles. The molecule has 164 valence electrons. The van der Waals surface area contributed by atoms with Crippen LogP contribution in [0.3, 0.4) is 0 Å². The second kappa shape index (κ2) is 8.44. The van der Waals surface area contributed by atoms with Crippen LogP contribution >= 0.6 is 0 Å². The number of ether oxygens (including phenoxy) is 1. The standard InChI is InChI=1S/C26H21N3O3S/c1-32-22-13-11-21(12-14-22)28-33(30,31)25-17-27-26(24-10-6-5-9-23(24)25)29-16-15-20(18-29)19-7-3-2-4-8-19/h2-18,28H,1H3. The highest BCUT2D eigenvalue weighted by molar-refractivity contribution is 7.93. The van der Waals surface area contributed by atoms with Gasteiger partial charge in [0.1, 0.15) is 16.5 Å². The number of aromatic nitrogens is 2. The van der Waals surface area contributed by atoms with E-state index in [0.717, 1.165) is 16.5 Å². The summed E-state index contributed by atoms with van der Waals surface area (Å²) in [6, 6.07) is 26.2. The summed E-state index contributed by atoms with van der Waals surface area (Å²) < 4.78 is 36.1. The molecule has 2 heterocycles. The molecule has 2 aromatic heterocycles. The number of rotatable bonds is 6. The summed E-state index contributed by atoms with van der Waals surface area (Å²) in [5.74, 6) is 1.31. The summed E-state index contributed by atoms with van der Waals surface area (Å²) >= 11 is 0. The Kier molecular flexibility index (Phi) is 5.32. The average molecular weight is 456 g/mol. The molecule has 0 saturated heterocycles. The van der Waals surface area contributed by atoms with Gasteiger partial charge in [0.25, 0.3) is 10.0 Å². The van der Waals surface area contributed by atoms with Crippen LogP contribution in [-0.2, 0) is 10.0 Å². The van der Waals surface area contributed by atoms with E-state index in [0.29, 0.717) is 22.6 Å². The Labute approximate surface area is 192 Å². The number of sulfonamides is 1. The first-order valence-electron chi connectivity index (χ1n) is 10.3. The minimum Gasteiger partial charge on any atom is -0.497 e. The lowest BCUT2D eigenvalue weighted by Crippen LogP contribution is -2.14. The molecular formula is C26H21N3O3S. The Balaban J connectivity index is 1.55. The summed E-state index contributed by atoms with van der Waals surface area (Å²) in [5, 5.41) is 1.34. The van der Waals surface area contributed by atoms with Gasteiger partial charge >= 0.3 is 0 Å². The molecule has 0 saturated carbocycles. The molecule has 6 nitrogen and oxygen atoms in total. The number of methoxy groups -OCH3 is 1. The number of fused-ring (bicyclic) bond motifs is 1. The maximum Gasteiger partial charge on any atom is 0.264 e. The van der Waals surface area contributed by atoms with E-state index in [2.05, 4.69) is 9.71 Å². The molecule has 1 N–H and O–H groups in total. The SMILES string of the molecule is COc1ccc(NS(=O)(=O)c2cnc(-n3ccc(-c4ccccc4)c3)c3ccccc23)cc1. The van der Waals surface area contributed by atoms with Gasteiger partial charge in [-0.15, -0.1) is 0 Å². The molecule has 0 atom stereocenters. The summed E-state index contributed by atoms with van der Waals surface area (Å²) in [4.78, 5) is 4.66. The Morgan fingerprint density at radius 3 is 2.24 bits per heavy atom. The highest BCUT2D eigenvalue weighted by Crippen LogP contribution is 2.30. The van der Waals surface area contributed by atoms with Crippen molar-refractivity contribution >= 4 is 26.5 Å². The van der Waals surface area contributed by atoms with Crippen molar-refractivity contribution in [1.29, 1.82) is 0 Å². The smallest absolute Gasteiger partial charge is 0.264 e. The Morgan fingerprint density at radius 2 is 1.52 bits per heavy atom. The summed E-state index contributed by atoms with van der Waals surface area (Å²) in [5.41, 5.74) is 2.60. The summed E-state index contributed by atoms with van der Waals surface area (Å²) in [6.07, 6.45) is 5.33. The first-order chi connectivity index (χ1) is 16.0. The fourth-order valence-electron chi connectivity index (χ4n) is 3.77. The van der Waals surface area contributed by atoms with Crippen molar-refractivity contribution in [3.8, 4) is 22.7 Å². The van der Waals surface area contributed by atoms with Crippen LogP contribution in [0.2, 0.25) is 0 Å². The van der Waals surface area contributed by atoms with Crippen molar-refractivity contribution in [3.05, 3.63) is 104 Å². The van der Waals surface area contributed by atoms with Gasteiger partial charge in [-0.1, -0.05) is 54.6 Å². The average Bonchev–Trinajstić information content (AvgIpc) is 3.34. The van der Waals surface area contributed by atoms with Crippen LogP contribution in [-0.4, -0.2) is 25.1 Å². The maximum atomic E-state index is 13.2. The van der Waals surface area contributed by atoms with E-state index in [1.165, 1.54) is 6.20 Å². The van der Waals surface area contributed by atoms with Crippen molar-refractivity contribution in [1.82, 2.24) is 9.55 Å². The van der Waals surface area contributed by atoms with Gasteiger partial charge in [0.15, 0.2) is 0 Å². The molecule has 0 unspecified atom stereocenters. The highest BCUT2D eigenvalue weighted by Gasteiger charge is 2.20. The molecule has 0 fully saturated rings. The van der Waals surface area contributed by atoms with Crippen molar-refractivity contribution in [2.45, 2.75) is 4.90 Å². The molecule has 0 bridgehead atoms. The third-order valence-corrected chi connectivity index (χ3v) is 6.82. The van der Waals surface area contributed by atoms with E-state index >= 15 is 0 Å². The molecule has 0 amide bonds. The zero-order chi connectivity index (χ0) is 22.8. The van der Waals surface area contributed by atoms with Crippen LogP contribution in [0.4, 0.5) is 5.69 Å². The van der Waals surface area contributed by atoms with Crippen LogP contribution in [0.25, 0.3) is 27.7 Å². The number of nitrogens with one attached hydrogen (secondary N) is 1. The lowest BCUT2D eigenvalue weighted by Gasteiger charge is -2.13. The summed E-state index contributed by atoms with van der Waals surface area (Å²) in [7, 11) is -2.30. The molecule has 7 heteroatoms. The minimum atomic E-state index is -3.86. The fourth-order valence-corrected chi connectivity index (χ4v) is 4.99. The first-order valence-corrected chi connectivity index (χ1v) is 11.8. The maximum absolute atomic E-state index is 13.2. The normalized spacial score (nSPS) is 11.4. The molecule has 5 aromatic rings. The molecule has 0 radical (unpaired) electrons. The predicted molar refractivity (Wildman–Crippen MR) is 130 cm³/mol. The van der Waals surface area contributed by atoms with Crippen molar-refractivity contribution < 1.29 is 13.2 Å². The predicted octanol–water partition coefficient (Wildman–Crippen LogP) is 5.50. The van der Waals surface area contributed by atoms with Crippen LogP contribution in [0.15, 0.2) is 108 Å². The van der Waals surface area contributed by atoms with Crippen molar-refractivity contribution in [2.75, 3.05) is 11.8 Å². The number of hydrogen-bond acceptors (Lipinski definition) is 4. The zero-order valence-electron chi connectivity index (χ0n) is 17.8. The van der Waals surface area contributed by atoms with Gasteiger partial charge in [-0.3, -0.25) is 4.72 Å². The van der Waals surface area contributed by atoms with Gasteiger partial charge in [0, 0.05) is 28.9 Å². The lowest BCUT2D eigenvalue weighted by atomic mass is 10.1. The monoisotopic (exact) mass is 455 g/mol. The van der Waals surface area contributed by atoms with E-state index in [4.69, 9.17) is 4.74 Å². The molecular weight excluding hydrogens is 434 g/mol. The minimum absolute atomic E-state index is 0.119. The summed E-state index contributed by atoms with van der Waals surface area (Å²) in [6.45, 7) is 0. The van der Waals surface area contributed by atoms with Crippen LogP contribution in [0.1, 0.15) is 0 Å². The second-order valence-electron chi connectivity index (χ2n) is 7.50. The second-order valence-corrected chi connectivity index (χ2v) is 9.15. The third-order valence-electron chi connectivity index (χ3n) is 5.41. The third kappa shape index (κ3) is 4.06. The van der Waals surface area contributed by atoms with Gasteiger partial charge in [0.05, 0.1) is 13.3 Å². The molecule has 33 heavy (non-hydrogen) atoms. The van der Waals surface area contributed by atoms with E-state index in [1.807, 2.05) is 71.6 Å². The Bertz CT molecular complexity index is 1530. The zero-order valence-corrected chi connectivity index (χ0v) is 18.7. The van der Waals surface area contributed by atoms with Crippen molar-refractivity contribution in [3.63, 3.8) is 0 Å². The number of nitrogens with zero attached hydrogens (tertiary/aromatic N) is 2. The topological polar surface area (TPSA) is 73.2 Å². The Morgan fingerprint density at radius 1 is 0.818 bits per heavy atom. The van der Waals surface area contributed by atoms with E-state index in [1.54, 1.807) is 37.4 Å². The lowest BCUT2D eigenvalue weighted by molar-refractivity contribution is 0.415. The molecule has 0 spiro atoms. The van der Waals surface area contributed by atoms with Gasteiger partial charge < -0.3 is 9.30 Å². The molecule has 3 aromatic carbocycles. The molecule has 0 aliphatic rings.